The molecule has 0 aliphatic carbocycles. The first-order chi connectivity index (χ1) is 11.0. The third-order valence-corrected chi connectivity index (χ3v) is 5.29. The summed E-state index contributed by atoms with van der Waals surface area (Å²) in [6, 6.07) is 0.0885. The molecule has 3 nitrogen and oxygen atoms in total. The molecule has 0 aromatic carbocycles. The van der Waals surface area contributed by atoms with Crippen LogP contribution in [0.2, 0.25) is 0 Å². The first kappa shape index (κ1) is 18.0. The van der Waals surface area contributed by atoms with Gasteiger partial charge in [-0.2, -0.15) is 0 Å². The Kier molecular flexibility index (Phi) is 6.25. The minimum atomic E-state index is 0.0885. The second-order valence-corrected chi connectivity index (χ2v) is 7.10. The van der Waals surface area contributed by atoms with Gasteiger partial charge in [0.15, 0.2) is 0 Å². The third-order valence-electron chi connectivity index (χ3n) is 5.01. The van der Waals surface area contributed by atoms with Crippen molar-refractivity contribution in [2.45, 2.75) is 51.1 Å². The van der Waals surface area contributed by atoms with Crippen molar-refractivity contribution in [3.8, 4) is 0 Å². The van der Waals surface area contributed by atoms with Gasteiger partial charge in [0.05, 0.1) is 6.04 Å². The van der Waals surface area contributed by atoms with Crippen molar-refractivity contribution in [2.24, 2.45) is 10.7 Å². The summed E-state index contributed by atoms with van der Waals surface area (Å²) in [6.07, 6.45) is 14.5. The summed E-state index contributed by atoms with van der Waals surface area (Å²) in [4.78, 5) is 6.88. The molecule has 0 radical (unpaired) electrons. The second-order valence-electron chi connectivity index (χ2n) is 6.66. The van der Waals surface area contributed by atoms with Crippen molar-refractivity contribution < 1.29 is 0 Å². The van der Waals surface area contributed by atoms with E-state index in [-0.39, 0.29) is 6.04 Å². The van der Waals surface area contributed by atoms with Crippen molar-refractivity contribution in [3.63, 3.8) is 0 Å². The zero-order chi connectivity index (χ0) is 16.9. The van der Waals surface area contributed by atoms with Crippen LogP contribution in [-0.4, -0.2) is 35.8 Å². The van der Waals surface area contributed by atoms with E-state index in [1.54, 1.807) is 24.4 Å². The quantitative estimate of drug-likeness (QED) is 0.770. The van der Waals surface area contributed by atoms with Gasteiger partial charge in [0.25, 0.3) is 0 Å². The van der Waals surface area contributed by atoms with Crippen molar-refractivity contribution in [1.82, 2.24) is 4.90 Å². The Labute approximate surface area is 145 Å². The van der Waals surface area contributed by atoms with E-state index in [2.05, 4.69) is 23.4 Å². The molecular weight excluding hydrogens is 306 g/mol. The predicted octanol–water partition coefficient (Wildman–Crippen LogP) is 4.17. The van der Waals surface area contributed by atoms with E-state index in [9.17, 15) is 0 Å². The average molecular weight is 334 g/mol. The second kappa shape index (κ2) is 7.98. The molecule has 23 heavy (non-hydrogen) atoms. The van der Waals surface area contributed by atoms with Gasteiger partial charge in [-0.25, -0.2) is 0 Å². The molecule has 3 heterocycles. The molecule has 0 amide bonds. The smallest absolute Gasteiger partial charge is 0.0740 e. The number of allylic oxidation sites excluding steroid dienone is 5. The molecule has 1 unspecified atom stereocenters. The van der Waals surface area contributed by atoms with Crippen LogP contribution >= 0.6 is 11.6 Å². The number of halogens is 1. The highest BCUT2D eigenvalue weighted by Gasteiger charge is 2.39. The summed E-state index contributed by atoms with van der Waals surface area (Å²) in [5.41, 5.74) is 8.15. The minimum Gasteiger partial charge on any atom is -0.398 e. The third kappa shape index (κ3) is 4.58. The lowest BCUT2D eigenvalue weighted by Gasteiger charge is -2.26. The summed E-state index contributed by atoms with van der Waals surface area (Å²) in [7, 11) is 0. The SMILES string of the molecule is C=C/C(Cl)=C\C=C1\C(N)=CC=NC1C.CC12CCCN1CCC2. The highest BCUT2D eigenvalue weighted by atomic mass is 35.5. The van der Waals surface area contributed by atoms with Crippen molar-refractivity contribution in [1.29, 1.82) is 0 Å². The number of aliphatic imine (C=N–C) groups is 1. The largest absolute Gasteiger partial charge is 0.398 e. The van der Waals surface area contributed by atoms with Crippen LogP contribution in [0.25, 0.3) is 0 Å². The Bertz CT molecular complexity index is 547. The lowest BCUT2D eigenvalue weighted by molar-refractivity contribution is 0.218. The maximum Gasteiger partial charge on any atom is 0.0740 e. The van der Waals surface area contributed by atoms with Gasteiger partial charge in [-0.15, -0.1) is 0 Å². The van der Waals surface area contributed by atoms with Crippen molar-refractivity contribution in [3.05, 3.63) is 47.2 Å². The number of fused-ring (bicyclic) bond motifs is 1. The number of hydrogen-bond acceptors (Lipinski definition) is 3. The van der Waals surface area contributed by atoms with Crippen LogP contribution in [0.3, 0.4) is 0 Å². The van der Waals surface area contributed by atoms with Crippen LogP contribution in [-0.2, 0) is 0 Å². The summed E-state index contributed by atoms with van der Waals surface area (Å²) < 4.78 is 0. The Morgan fingerprint density at radius 2 is 2.09 bits per heavy atom. The standard InChI is InChI=1S/C11H13ClN2.C8H15N/c1-3-9(12)4-5-10-8(2)14-7-6-11(10)13;1-8-4-2-6-9(8)7-3-5-8/h3-8H,1,13H2,2H3;2-7H2,1H3/b9-4+,10-5+;. The van der Waals surface area contributed by atoms with Crippen LogP contribution in [0.15, 0.2) is 52.2 Å². The Balaban J connectivity index is 0.000000182. The van der Waals surface area contributed by atoms with E-state index in [1.165, 1.54) is 38.8 Å². The number of nitrogens with two attached hydrogens (primary N) is 1. The molecule has 3 rings (SSSR count). The Morgan fingerprint density at radius 1 is 1.43 bits per heavy atom. The zero-order valence-electron chi connectivity index (χ0n) is 14.3. The van der Waals surface area contributed by atoms with Crippen molar-refractivity contribution in [2.75, 3.05) is 13.1 Å². The van der Waals surface area contributed by atoms with Gasteiger partial charge in [-0.05, 0) is 70.3 Å². The van der Waals surface area contributed by atoms with Crippen LogP contribution in [0.4, 0.5) is 0 Å². The molecule has 3 aliphatic rings. The summed E-state index contributed by atoms with van der Waals surface area (Å²) >= 11 is 5.78. The predicted molar refractivity (Wildman–Crippen MR) is 101 cm³/mol. The zero-order valence-corrected chi connectivity index (χ0v) is 15.0. The molecule has 2 N–H and O–H groups in total. The number of rotatable bonds is 2. The summed E-state index contributed by atoms with van der Waals surface area (Å²) in [5.74, 6) is 0. The van der Waals surface area contributed by atoms with Gasteiger partial charge in [-0.1, -0.05) is 30.3 Å². The summed E-state index contributed by atoms with van der Waals surface area (Å²) in [5, 5.41) is 0.590. The average Bonchev–Trinajstić information content (AvgIpc) is 3.04. The molecule has 0 saturated carbocycles. The van der Waals surface area contributed by atoms with E-state index in [0.717, 1.165) is 11.3 Å². The van der Waals surface area contributed by atoms with Crippen molar-refractivity contribution >= 4 is 17.8 Å². The molecule has 0 spiro atoms. The van der Waals surface area contributed by atoms with Gasteiger partial charge in [-0.3, -0.25) is 9.89 Å². The Hall–Kier alpha value is -1.32. The molecule has 0 aromatic rings. The molecule has 4 heteroatoms. The first-order valence-electron chi connectivity index (χ1n) is 8.40. The fourth-order valence-corrected chi connectivity index (χ4v) is 3.60. The van der Waals surface area contributed by atoms with Crippen LogP contribution in [0.5, 0.6) is 0 Å². The number of hydrogen-bond donors (Lipinski definition) is 1. The van der Waals surface area contributed by atoms with Crippen LogP contribution < -0.4 is 5.73 Å². The fraction of sp³-hybridized carbons (Fsp3) is 0.526. The fourth-order valence-electron chi connectivity index (χ4n) is 3.54. The molecule has 2 fully saturated rings. The maximum atomic E-state index is 5.80. The topological polar surface area (TPSA) is 41.6 Å². The maximum absolute atomic E-state index is 5.80. The summed E-state index contributed by atoms with van der Waals surface area (Å²) in [6.45, 7) is 10.7. The molecule has 0 aromatic heterocycles. The van der Waals surface area contributed by atoms with Gasteiger partial charge >= 0.3 is 0 Å². The number of nitrogens with zero attached hydrogens (tertiary/aromatic N) is 2. The molecule has 3 aliphatic heterocycles. The molecule has 2 saturated heterocycles. The monoisotopic (exact) mass is 333 g/mol. The molecule has 126 valence electrons. The normalized spacial score (nSPS) is 28.1. The van der Waals surface area contributed by atoms with E-state index < -0.39 is 0 Å². The molecule has 0 bridgehead atoms. The minimum absolute atomic E-state index is 0.0885. The lowest BCUT2D eigenvalue weighted by Crippen LogP contribution is -2.34. The molecule has 1 atom stereocenters. The lowest BCUT2D eigenvalue weighted by atomic mass is 9.97. The van der Waals surface area contributed by atoms with E-state index >= 15 is 0 Å². The van der Waals surface area contributed by atoms with E-state index in [0.29, 0.717) is 10.6 Å². The van der Waals surface area contributed by atoms with Gasteiger partial charge in [0.1, 0.15) is 0 Å². The Morgan fingerprint density at radius 3 is 2.61 bits per heavy atom. The van der Waals surface area contributed by atoms with E-state index in [4.69, 9.17) is 17.3 Å². The first-order valence-corrected chi connectivity index (χ1v) is 8.78. The van der Waals surface area contributed by atoms with E-state index in [1.807, 2.05) is 13.0 Å². The highest BCUT2D eigenvalue weighted by molar-refractivity contribution is 6.31. The van der Waals surface area contributed by atoms with Gasteiger partial charge < -0.3 is 5.73 Å². The number of dihydropyridines is 1. The van der Waals surface area contributed by atoms with Crippen LogP contribution in [0, 0.1) is 0 Å². The highest BCUT2D eigenvalue weighted by Crippen LogP contribution is 2.37. The van der Waals surface area contributed by atoms with Gasteiger partial charge in [0, 0.05) is 22.5 Å². The van der Waals surface area contributed by atoms with Gasteiger partial charge in [0.2, 0.25) is 0 Å². The van der Waals surface area contributed by atoms with Crippen LogP contribution in [0.1, 0.15) is 39.5 Å². The molecular formula is C19H28ClN3.